The molecule has 4 rings (SSSR count). The molecule has 158 valence electrons. The van der Waals surface area contributed by atoms with E-state index in [0.717, 1.165) is 41.8 Å². The highest BCUT2D eigenvalue weighted by Crippen LogP contribution is 2.44. The standard InChI is InChI=1S/C18H16ClN3O2.C4H8O2/c1-2-13-15(10-5-7-12(19)8-6-10)21-17-14(18(23)24)9-20-22(17)16(13)11-3-4-11;1-3-6-4(2)5/h5-9,11H,2-4H2,1H3,(H,23,24);3H2,1-2H3. The number of esters is 1. The topological polar surface area (TPSA) is 93.8 Å². The summed E-state index contributed by atoms with van der Waals surface area (Å²) in [6.45, 7) is 5.75. The summed E-state index contributed by atoms with van der Waals surface area (Å²) in [5.41, 5.74) is 4.54. The molecule has 1 aliphatic rings. The van der Waals surface area contributed by atoms with Gasteiger partial charge in [0.05, 0.1) is 24.2 Å². The predicted octanol–water partition coefficient (Wildman–Crippen LogP) is 4.76. The molecule has 0 saturated heterocycles. The van der Waals surface area contributed by atoms with Gasteiger partial charge in [0.25, 0.3) is 0 Å². The summed E-state index contributed by atoms with van der Waals surface area (Å²) in [6.07, 6.45) is 4.42. The second kappa shape index (κ2) is 9.26. The number of benzene rings is 1. The van der Waals surface area contributed by atoms with Crippen molar-refractivity contribution in [3.8, 4) is 11.3 Å². The fraction of sp³-hybridized carbons (Fsp3) is 0.364. The van der Waals surface area contributed by atoms with Crippen molar-refractivity contribution in [1.29, 1.82) is 0 Å². The van der Waals surface area contributed by atoms with Crippen molar-refractivity contribution < 1.29 is 19.4 Å². The quantitative estimate of drug-likeness (QED) is 0.588. The lowest BCUT2D eigenvalue weighted by Crippen LogP contribution is -2.08. The summed E-state index contributed by atoms with van der Waals surface area (Å²) in [4.78, 5) is 26.0. The van der Waals surface area contributed by atoms with Crippen LogP contribution in [-0.4, -0.2) is 38.3 Å². The fourth-order valence-electron chi connectivity index (χ4n) is 3.37. The first-order valence-corrected chi connectivity index (χ1v) is 10.3. The third-order valence-corrected chi connectivity index (χ3v) is 5.05. The van der Waals surface area contributed by atoms with Gasteiger partial charge < -0.3 is 9.84 Å². The first kappa shape index (κ1) is 21.8. The zero-order chi connectivity index (χ0) is 21.8. The normalized spacial score (nSPS) is 12.9. The Morgan fingerprint density at radius 1 is 1.23 bits per heavy atom. The summed E-state index contributed by atoms with van der Waals surface area (Å²) in [7, 11) is 0. The lowest BCUT2D eigenvalue weighted by Gasteiger charge is -2.15. The van der Waals surface area contributed by atoms with Crippen molar-refractivity contribution in [3.05, 3.63) is 52.3 Å². The molecule has 1 fully saturated rings. The van der Waals surface area contributed by atoms with Crippen LogP contribution in [0.1, 0.15) is 61.1 Å². The van der Waals surface area contributed by atoms with E-state index in [4.69, 9.17) is 11.6 Å². The highest BCUT2D eigenvalue weighted by molar-refractivity contribution is 6.30. The van der Waals surface area contributed by atoms with Crippen LogP contribution in [0.3, 0.4) is 0 Å². The molecular formula is C22H24ClN3O4. The van der Waals surface area contributed by atoms with Crippen molar-refractivity contribution in [3.63, 3.8) is 0 Å². The summed E-state index contributed by atoms with van der Waals surface area (Å²) in [5, 5.41) is 14.4. The zero-order valence-corrected chi connectivity index (χ0v) is 17.9. The van der Waals surface area contributed by atoms with Crippen LogP contribution in [0.4, 0.5) is 0 Å². The van der Waals surface area contributed by atoms with Crippen LogP contribution in [0.25, 0.3) is 16.9 Å². The molecule has 0 radical (unpaired) electrons. The second-order valence-corrected chi connectivity index (χ2v) is 7.42. The molecule has 0 aliphatic heterocycles. The molecule has 30 heavy (non-hydrogen) atoms. The third kappa shape index (κ3) is 4.62. The Hall–Kier alpha value is -2.93. The minimum absolute atomic E-state index is 0.134. The van der Waals surface area contributed by atoms with Gasteiger partial charge in [-0.25, -0.2) is 14.3 Å². The van der Waals surface area contributed by atoms with Crippen molar-refractivity contribution in [1.82, 2.24) is 14.6 Å². The monoisotopic (exact) mass is 429 g/mol. The van der Waals surface area contributed by atoms with E-state index in [0.29, 0.717) is 23.2 Å². The number of aromatic nitrogens is 3. The Morgan fingerprint density at radius 3 is 2.37 bits per heavy atom. The Bertz CT molecular complexity index is 1070. The molecule has 0 amide bonds. The average Bonchev–Trinajstić information content (AvgIpc) is 3.45. The maximum absolute atomic E-state index is 11.5. The predicted molar refractivity (Wildman–Crippen MR) is 114 cm³/mol. The minimum atomic E-state index is -1.01. The molecule has 0 atom stereocenters. The number of carboxylic acids is 1. The van der Waals surface area contributed by atoms with Crippen LogP contribution in [0, 0.1) is 0 Å². The summed E-state index contributed by atoms with van der Waals surface area (Å²) in [6, 6.07) is 7.50. The number of nitrogens with zero attached hydrogens (tertiary/aromatic N) is 3. The van der Waals surface area contributed by atoms with Gasteiger partial charge in [0.15, 0.2) is 5.65 Å². The molecule has 3 aromatic rings. The van der Waals surface area contributed by atoms with Gasteiger partial charge in [-0.05, 0) is 38.3 Å². The van der Waals surface area contributed by atoms with Crippen LogP contribution in [0.5, 0.6) is 0 Å². The molecule has 0 spiro atoms. The van der Waals surface area contributed by atoms with E-state index in [1.165, 1.54) is 13.1 Å². The SMILES string of the molecule is CCOC(C)=O.CCc1c(-c2ccc(Cl)cc2)nc2c(C(=O)O)cnn2c1C1CC1. The molecule has 2 aromatic heterocycles. The Labute approximate surface area is 179 Å². The van der Waals surface area contributed by atoms with Crippen LogP contribution in [-0.2, 0) is 16.0 Å². The molecule has 8 heteroatoms. The third-order valence-electron chi connectivity index (χ3n) is 4.80. The maximum atomic E-state index is 11.5. The molecule has 0 unspecified atom stereocenters. The summed E-state index contributed by atoms with van der Waals surface area (Å²) < 4.78 is 6.12. The Kier molecular flexibility index (Phi) is 6.72. The van der Waals surface area contributed by atoms with E-state index < -0.39 is 5.97 Å². The number of carbonyl (C=O) groups excluding carboxylic acids is 1. The average molecular weight is 430 g/mol. The smallest absolute Gasteiger partial charge is 0.341 e. The maximum Gasteiger partial charge on any atom is 0.341 e. The zero-order valence-electron chi connectivity index (χ0n) is 17.2. The molecule has 1 aliphatic carbocycles. The van der Waals surface area contributed by atoms with Crippen molar-refractivity contribution in [2.75, 3.05) is 6.61 Å². The molecule has 1 aromatic carbocycles. The number of hydrogen-bond acceptors (Lipinski definition) is 5. The molecule has 2 heterocycles. The van der Waals surface area contributed by atoms with Gasteiger partial charge in [0.1, 0.15) is 5.56 Å². The van der Waals surface area contributed by atoms with Gasteiger partial charge in [0, 0.05) is 29.0 Å². The highest BCUT2D eigenvalue weighted by atomic mass is 35.5. The highest BCUT2D eigenvalue weighted by Gasteiger charge is 2.32. The fourth-order valence-corrected chi connectivity index (χ4v) is 3.50. The summed E-state index contributed by atoms with van der Waals surface area (Å²) in [5.74, 6) is -0.791. The Balaban J connectivity index is 0.000000377. The summed E-state index contributed by atoms with van der Waals surface area (Å²) >= 11 is 6.00. The Morgan fingerprint density at radius 2 is 1.90 bits per heavy atom. The largest absolute Gasteiger partial charge is 0.477 e. The lowest BCUT2D eigenvalue weighted by atomic mass is 10.00. The minimum Gasteiger partial charge on any atom is -0.477 e. The van der Waals surface area contributed by atoms with Crippen molar-refractivity contribution >= 4 is 29.2 Å². The van der Waals surface area contributed by atoms with Gasteiger partial charge in [-0.3, -0.25) is 4.79 Å². The van der Waals surface area contributed by atoms with Gasteiger partial charge in [0.2, 0.25) is 0 Å². The second-order valence-electron chi connectivity index (χ2n) is 6.98. The van der Waals surface area contributed by atoms with E-state index in [9.17, 15) is 14.7 Å². The van der Waals surface area contributed by atoms with Crippen molar-refractivity contribution in [2.45, 2.75) is 46.0 Å². The number of aromatic carboxylic acids is 1. The van der Waals surface area contributed by atoms with E-state index in [1.807, 2.05) is 24.3 Å². The van der Waals surface area contributed by atoms with Gasteiger partial charge >= 0.3 is 11.9 Å². The van der Waals surface area contributed by atoms with Crippen LogP contribution < -0.4 is 0 Å². The van der Waals surface area contributed by atoms with E-state index >= 15 is 0 Å². The molecule has 1 saturated carbocycles. The number of fused-ring (bicyclic) bond motifs is 1. The van der Waals surface area contributed by atoms with Crippen LogP contribution in [0.15, 0.2) is 30.5 Å². The number of carboxylic acid groups (broad SMARTS) is 1. The number of halogens is 1. The van der Waals surface area contributed by atoms with Gasteiger partial charge in [-0.2, -0.15) is 5.10 Å². The molecular weight excluding hydrogens is 406 g/mol. The first-order valence-electron chi connectivity index (χ1n) is 9.90. The molecule has 7 nitrogen and oxygen atoms in total. The molecule has 0 bridgehead atoms. The van der Waals surface area contributed by atoms with Crippen LogP contribution in [0.2, 0.25) is 5.02 Å². The number of ether oxygens (including phenoxy) is 1. The van der Waals surface area contributed by atoms with E-state index in [2.05, 4.69) is 21.7 Å². The number of hydrogen-bond donors (Lipinski definition) is 1. The lowest BCUT2D eigenvalue weighted by molar-refractivity contribution is -0.140. The van der Waals surface area contributed by atoms with Crippen molar-refractivity contribution in [2.24, 2.45) is 0 Å². The van der Waals surface area contributed by atoms with Crippen LogP contribution >= 0.6 is 11.6 Å². The number of rotatable bonds is 5. The number of carbonyl (C=O) groups is 2. The molecule has 1 N–H and O–H groups in total. The first-order chi connectivity index (χ1) is 14.4. The van der Waals surface area contributed by atoms with Gasteiger partial charge in [-0.1, -0.05) is 30.7 Å². The van der Waals surface area contributed by atoms with E-state index in [1.54, 1.807) is 11.4 Å². The van der Waals surface area contributed by atoms with E-state index in [-0.39, 0.29) is 11.5 Å². The van der Waals surface area contributed by atoms with Gasteiger partial charge in [-0.15, -0.1) is 0 Å².